The molecule has 2 N–H and O–H groups in total. The number of H-pyrrole nitrogens is 1. The van der Waals surface area contributed by atoms with Gasteiger partial charge in [-0.1, -0.05) is 31.0 Å². The molecule has 0 atom stereocenters. The molecule has 1 aromatic rings. The van der Waals surface area contributed by atoms with E-state index in [1.54, 1.807) is 4.57 Å². The maximum atomic E-state index is 12.5. The van der Waals surface area contributed by atoms with Gasteiger partial charge >= 0.3 is 5.69 Å². The Balaban J connectivity index is 1.32. The summed E-state index contributed by atoms with van der Waals surface area (Å²) in [5, 5.41) is 10.4. The van der Waals surface area contributed by atoms with Gasteiger partial charge in [-0.3, -0.25) is 14.3 Å². The summed E-state index contributed by atoms with van der Waals surface area (Å²) in [6.45, 7) is 4.16. The summed E-state index contributed by atoms with van der Waals surface area (Å²) in [5.74, 6) is 0.298. The summed E-state index contributed by atoms with van der Waals surface area (Å²) >= 11 is 1.34. The van der Waals surface area contributed by atoms with Gasteiger partial charge in [0.25, 0.3) is 0 Å². The van der Waals surface area contributed by atoms with Crippen molar-refractivity contribution < 1.29 is 9.53 Å². The highest BCUT2D eigenvalue weighted by molar-refractivity contribution is 7.99. The van der Waals surface area contributed by atoms with Gasteiger partial charge < -0.3 is 10.1 Å². The van der Waals surface area contributed by atoms with Crippen molar-refractivity contribution in [1.29, 1.82) is 0 Å². The summed E-state index contributed by atoms with van der Waals surface area (Å²) in [6, 6.07) is 0.258. The lowest BCUT2D eigenvalue weighted by Crippen LogP contribution is -2.59. The Hall–Kier alpha value is -1.32. The number of morpholine rings is 1. The first kappa shape index (κ1) is 19.0. The minimum Gasteiger partial charge on any atom is -0.379 e. The fourth-order valence-corrected chi connectivity index (χ4v) is 5.19. The monoisotopic (exact) mass is 395 g/mol. The van der Waals surface area contributed by atoms with Crippen LogP contribution in [0.25, 0.3) is 0 Å². The summed E-state index contributed by atoms with van der Waals surface area (Å²) in [7, 11) is 0. The van der Waals surface area contributed by atoms with Gasteiger partial charge in [0.1, 0.15) is 0 Å². The maximum Gasteiger partial charge on any atom is 0.344 e. The normalized spacial score (nSPS) is 23.3. The van der Waals surface area contributed by atoms with E-state index >= 15 is 0 Å². The molecule has 1 amide bonds. The van der Waals surface area contributed by atoms with Crippen molar-refractivity contribution in [3.05, 3.63) is 10.5 Å². The van der Waals surface area contributed by atoms with Crippen molar-refractivity contribution in [3.8, 4) is 0 Å². The van der Waals surface area contributed by atoms with E-state index in [4.69, 9.17) is 4.74 Å². The van der Waals surface area contributed by atoms with E-state index in [0.29, 0.717) is 11.7 Å². The van der Waals surface area contributed by atoms with Gasteiger partial charge in [-0.25, -0.2) is 9.89 Å². The molecule has 0 spiro atoms. The molecule has 1 saturated heterocycles. The number of nitrogens with zero attached hydrogens (tertiary/aromatic N) is 3. The fraction of sp³-hybridized carbons (Fsp3) is 0.833. The number of hydrogen-bond donors (Lipinski definition) is 2. The Kier molecular flexibility index (Phi) is 5.89. The first-order valence-corrected chi connectivity index (χ1v) is 11.1. The predicted octanol–water partition coefficient (Wildman–Crippen LogP) is 1.15. The first-order chi connectivity index (χ1) is 13.2. The number of amides is 1. The molecule has 150 valence electrons. The van der Waals surface area contributed by atoms with Gasteiger partial charge in [-0.05, 0) is 25.7 Å². The molecule has 0 radical (unpaired) electrons. The van der Waals surface area contributed by atoms with Crippen LogP contribution in [0.1, 0.15) is 51.0 Å². The topological polar surface area (TPSA) is 92.2 Å². The Morgan fingerprint density at radius 3 is 2.70 bits per heavy atom. The number of thioether (sulfide) groups is 1. The summed E-state index contributed by atoms with van der Waals surface area (Å²) in [6.07, 6.45) is 8.05. The third-order valence-electron chi connectivity index (χ3n) is 6.00. The number of carbonyl (C=O) groups is 1. The van der Waals surface area contributed by atoms with Crippen molar-refractivity contribution in [1.82, 2.24) is 25.0 Å². The van der Waals surface area contributed by atoms with E-state index < -0.39 is 0 Å². The molecule has 9 heteroatoms. The smallest absolute Gasteiger partial charge is 0.344 e. The second-order valence-electron chi connectivity index (χ2n) is 7.86. The van der Waals surface area contributed by atoms with E-state index in [1.807, 2.05) is 0 Å². The summed E-state index contributed by atoms with van der Waals surface area (Å²) < 4.78 is 7.20. The molecule has 8 nitrogen and oxygen atoms in total. The molecule has 1 aromatic heterocycles. The first-order valence-electron chi connectivity index (χ1n) is 10.1. The highest BCUT2D eigenvalue weighted by Gasteiger charge is 2.38. The van der Waals surface area contributed by atoms with Crippen molar-refractivity contribution in [2.45, 2.75) is 61.7 Å². The lowest BCUT2D eigenvalue weighted by atomic mass is 9.79. The molecule has 3 fully saturated rings. The van der Waals surface area contributed by atoms with Crippen molar-refractivity contribution in [3.63, 3.8) is 0 Å². The van der Waals surface area contributed by atoms with E-state index in [1.165, 1.54) is 31.0 Å². The van der Waals surface area contributed by atoms with E-state index in [-0.39, 0.29) is 28.9 Å². The second-order valence-corrected chi connectivity index (χ2v) is 8.80. The van der Waals surface area contributed by atoms with Crippen LogP contribution >= 0.6 is 11.8 Å². The quantitative estimate of drug-likeness (QED) is 0.673. The Morgan fingerprint density at radius 2 is 2.00 bits per heavy atom. The third kappa shape index (κ3) is 4.41. The number of ether oxygens (including phenoxy) is 1. The average molecular weight is 396 g/mol. The number of carbonyl (C=O) groups excluding carboxylic acids is 1. The molecule has 27 heavy (non-hydrogen) atoms. The zero-order valence-corrected chi connectivity index (χ0v) is 16.6. The molecule has 3 aliphatic rings. The van der Waals surface area contributed by atoms with E-state index in [2.05, 4.69) is 20.4 Å². The van der Waals surface area contributed by atoms with Gasteiger partial charge in [-0.15, -0.1) is 5.10 Å². The van der Waals surface area contributed by atoms with Crippen LogP contribution in [0, 0.1) is 0 Å². The van der Waals surface area contributed by atoms with Crippen LogP contribution in [0.15, 0.2) is 9.95 Å². The number of nitrogens with one attached hydrogen (secondary N) is 2. The van der Waals surface area contributed by atoms with E-state index in [9.17, 15) is 9.59 Å². The fourth-order valence-electron chi connectivity index (χ4n) is 4.34. The molecular weight excluding hydrogens is 366 g/mol. The molecule has 0 bridgehead atoms. The lowest BCUT2D eigenvalue weighted by molar-refractivity contribution is -0.119. The van der Waals surface area contributed by atoms with Crippen molar-refractivity contribution in [2.75, 3.05) is 38.6 Å². The number of aromatic nitrogens is 3. The third-order valence-corrected chi connectivity index (χ3v) is 6.95. The molecule has 1 aliphatic heterocycles. The Morgan fingerprint density at radius 1 is 1.26 bits per heavy atom. The minimum absolute atomic E-state index is 0.0102. The van der Waals surface area contributed by atoms with Crippen LogP contribution in [-0.2, 0) is 9.53 Å². The molecular formula is C18H29N5O3S. The predicted molar refractivity (Wildman–Crippen MR) is 103 cm³/mol. The van der Waals surface area contributed by atoms with Crippen LogP contribution < -0.4 is 11.0 Å². The number of rotatable bonds is 7. The highest BCUT2D eigenvalue weighted by atomic mass is 32.2. The van der Waals surface area contributed by atoms with Gasteiger partial charge in [0.15, 0.2) is 5.16 Å². The lowest BCUT2D eigenvalue weighted by Gasteiger charge is -2.48. The molecule has 2 heterocycles. The van der Waals surface area contributed by atoms with Gasteiger partial charge in [0.2, 0.25) is 5.91 Å². The van der Waals surface area contributed by atoms with Crippen molar-refractivity contribution in [2.24, 2.45) is 0 Å². The van der Waals surface area contributed by atoms with Crippen LogP contribution in [0.4, 0.5) is 0 Å². The van der Waals surface area contributed by atoms with Gasteiger partial charge in [0.05, 0.1) is 19.0 Å². The molecule has 4 rings (SSSR count). The second kappa shape index (κ2) is 8.36. The SMILES string of the molecule is O=C(CSc1n[nH]c(=O)n1C1CC1)NCC1(N2CCOCC2)CCCCC1. The molecule has 0 aromatic carbocycles. The van der Waals surface area contributed by atoms with Crippen LogP contribution in [0.5, 0.6) is 0 Å². The Bertz CT molecular complexity index is 702. The largest absolute Gasteiger partial charge is 0.379 e. The molecule has 2 aliphatic carbocycles. The van der Waals surface area contributed by atoms with Crippen LogP contribution in [-0.4, -0.2) is 69.7 Å². The van der Waals surface area contributed by atoms with Gasteiger partial charge in [0, 0.05) is 31.2 Å². The van der Waals surface area contributed by atoms with Crippen LogP contribution in [0.2, 0.25) is 0 Å². The Labute approximate surface area is 163 Å². The summed E-state index contributed by atoms with van der Waals surface area (Å²) in [5.41, 5.74) is -0.0981. The zero-order chi connectivity index (χ0) is 18.7. The summed E-state index contributed by atoms with van der Waals surface area (Å²) in [4.78, 5) is 26.8. The maximum absolute atomic E-state index is 12.5. The average Bonchev–Trinajstić information content (AvgIpc) is 3.48. The number of hydrogen-bond acceptors (Lipinski definition) is 6. The van der Waals surface area contributed by atoms with Crippen LogP contribution in [0.3, 0.4) is 0 Å². The highest BCUT2D eigenvalue weighted by Crippen LogP contribution is 2.36. The van der Waals surface area contributed by atoms with E-state index in [0.717, 1.165) is 52.0 Å². The van der Waals surface area contributed by atoms with Gasteiger partial charge in [-0.2, -0.15) is 0 Å². The van der Waals surface area contributed by atoms with Crippen molar-refractivity contribution >= 4 is 17.7 Å². The zero-order valence-electron chi connectivity index (χ0n) is 15.7. The number of aromatic amines is 1. The standard InChI is InChI=1S/C18H29N5O3S/c24-15(12-27-17-21-20-16(25)23(17)14-4-5-14)19-13-18(6-2-1-3-7-18)22-8-10-26-11-9-22/h14H,1-13H2,(H,19,24)(H,20,25). The molecule has 2 saturated carbocycles. The molecule has 0 unspecified atom stereocenters. The minimum atomic E-state index is -0.172.